The lowest BCUT2D eigenvalue weighted by Gasteiger charge is -2.23. The first-order valence-electron chi connectivity index (χ1n) is 18.2. The molecule has 10 aromatic rings. The second-order valence-corrected chi connectivity index (χ2v) is 14.0. The molecule has 0 bridgehead atoms. The van der Waals surface area contributed by atoms with Gasteiger partial charge in [-0.3, -0.25) is 0 Å². The van der Waals surface area contributed by atoms with E-state index >= 15 is 13.2 Å². The number of fused-ring (bicyclic) bond motifs is 6. The standard InChI is InChI=1S/C49H28F6N2/c50-39-25-33(26-40(51)48(39)52)34-27-45(56-41-17-9-7-15-35(41)37-23-31(19-21-43(37)56)29-11-3-1-4-12-29)47(49(53,54)55)46(28-34)57-42-18-10-8-16-36(42)38-24-32(20-22-44(38)57)30-13-5-2-6-14-30/h1-28H. The molecule has 0 fully saturated rings. The van der Waals surface area contributed by atoms with Crippen LogP contribution in [-0.2, 0) is 6.18 Å². The van der Waals surface area contributed by atoms with Crippen LogP contribution >= 0.6 is 0 Å². The largest absolute Gasteiger partial charge is 0.420 e. The van der Waals surface area contributed by atoms with Gasteiger partial charge in [0.2, 0.25) is 0 Å². The van der Waals surface area contributed by atoms with E-state index in [0.29, 0.717) is 22.1 Å². The molecule has 0 radical (unpaired) electrons. The van der Waals surface area contributed by atoms with E-state index in [1.807, 2.05) is 109 Å². The van der Waals surface area contributed by atoms with Crippen molar-refractivity contribution >= 4 is 43.6 Å². The third-order valence-electron chi connectivity index (χ3n) is 10.7. The second kappa shape index (κ2) is 13.0. The first-order chi connectivity index (χ1) is 27.7. The van der Waals surface area contributed by atoms with Crippen molar-refractivity contribution in [1.82, 2.24) is 9.13 Å². The van der Waals surface area contributed by atoms with Gasteiger partial charge in [0.1, 0.15) is 5.56 Å². The van der Waals surface area contributed by atoms with E-state index in [2.05, 4.69) is 0 Å². The molecular weight excluding hydrogens is 731 g/mol. The number of hydrogen-bond acceptors (Lipinski definition) is 0. The van der Waals surface area contributed by atoms with Crippen molar-refractivity contribution < 1.29 is 26.3 Å². The molecule has 0 spiro atoms. The molecule has 0 aliphatic rings. The van der Waals surface area contributed by atoms with Crippen molar-refractivity contribution in [1.29, 1.82) is 0 Å². The number of rotatable bonds is 5. The summed E-state index contributed by atoms with van der Waals surface area (Å²) in [6.45, 7) is 0. The fourth-order valence-electron chi connectivity index (χ4n) is 8.23. The van der Waals surface area contributed by atoms with Gasteiger partial charge in [-0.15, -0.1) is 0 Å². The summed E-state index contributed by atoms with van der Waals surface area (Å²) in [5, 5.41) is 2.87. The molecule has 0 aliphatic heterocycles. The predicted molar refractivity (Wildman–Crippen MR) is 216 cm³/mol. The Morgan fingerprint density at radius 1 is 0.333 bits per heavy atom. The number of alkyl halides is 3. The maximum Gasteiger partial charge on any atom is 0.420 e. The Morgan fingerprint density at radius 2 is 0.719 bits per heavy atom. The molecule has 10 rings (SSSR count). The summed E-state index contributed by atoms with van der Waals surface area (Å²) in [7, 11) is 0. The number of benzene rings is 8. The van der Waals surface area contributed by atoms with Crippen LogP contribution < -0.4 is 0 Å². The van der Waals surface area contributed by atoms with Gasteiger partial charge in [0.25, 0.3) is 0 Å². The van der Waals surface area contributed by atoms with Gasteiger partial charge in [-0.25, -0.2) is 13.2 Å². The number of para-hydroxylation sites is 2. The summed E-state index contributed by atoms with van der Waals surface area (Å²) < 4.78 is 95.9. The first-order valence-corrected chi connectivity index (χ1v) is 18.2. The minimum Gasteiger partial charge on any atom is -0.309 e. The van der Waals surface area contributed by atoms with Crippen LogP contribution in [-0.4, -0.2) is 9.13 Å². The van der Waals surface area contributed by atoms with Gasteiger partial charge < -0.3 is 9.13 Å². The summed E-state index contributed by atoms with van der Waals surface area (Å²) in [6, 6.07) is 49.2. The average molecular weight is 759 g/mol. The second-order valence-electron chi connectivity index (χ2n) is 14.0. The molecule has 0 saturated heterocycles. The summed E-state index contributed by atoms with van der Waals surface area (Å²) >= 11 is 0. The van der Waals surface area contributed by atoms with Crippen molar-refractivity contribution in [2.75, 3.05) is 0 Å². The molecule has 8 aromatic carbocycles. The summed E-state index contributed by atoms with van der Waals surface area (Å²) in [4.78, 5) is 0. The van der Waals surface area contributed by atoms with Crippen LogP contribution in [0, 0.1) is 17.5 Å². The van der Waals surface area contributed by atoms with E-state index in [1.54, 1.807) is 45.5 Å². The summed E-state index contributed by atoms with van der Waals surface area (Å²) in [5.41, 5.74) is 4.10. The van der Waals surface area contributed by atoms with E-state index in [4.69, 9.17) is 0 Å². The third kappa shape index (κ3) is 5.59. The molecule has 0 amide bonds. The monoisotopic (exact) mass is 758 g/mol. The smallest absolute Gasteiger partial charge is 0.309 e. The van der Waals surface area contributed by atoms with Gasteiger partial charge in [0, 0.05) is 21.5 Å². The maximum atomic E-state index is 16.2. The Bertz CT molecular complexity index is 2990. The van der Waals surface area contributed by atoms with Crippen LogP contribution in [0.4, 0.5) is 26.3 Å². The molecule has 0 saturated carbocycles. The van der Waals surface area contributed by atoms with Gasteiger partial charge in [-0.2, -0.15) is 13.2 Å². The molecule has 0 unspecified atom stereocenters. The molecule has 57 heavy (non-hydrogen) atoms. The zero-order chi connectivity index (χ0) is 39.0. The molecule has 2 heterocycles. The van der Waals surface area contributed by atoms with Gasteiger partial charge in [-0.1, -0.05) is 109 Å². The fourth-order valence-corrected chi connectivity index (χ4v) is 8.23. The van der Waals surface area contributed by atoms with Crippen molar-refractivity contribution in [2.24, 2.45) is 0 Å². The van der Waals surface area contributed by atoms with E-state index < -0.39 is 29.2 Å². The minimum absolute atomic E-state index is 0.0597. The lowest BCUT2D eigenvalue weighted by atomic mass is 9.98. The van der Waals surface area contributed by atoms with E-state index in [1.165, 1.54) is 12.1 Å². The SMILES string of the molecule is Fc1cc(-c2cc(-n3c4ccccc4c4cc(-c5ccccc5)ccc43)c(C(F)(F)F)c(-n3c4ccccc4c4cc(-c5ccccc5)ccc43)c2)cc(F)c1F. The van der Waals surface area contributed by atoms with Crippen molar-refractivity contribution in [3.05, 3.63) is 193 Å². The maximum absolute atomic E-state index is 16.2. The highest BCUT2D eigenvalue weighted by Gasteiger charge is 2.39. The van der Waals surface area contributed by atoms with Gasteiger partial charge in [0.05, 0.1) is 33.4 Å². The Balaban J connectivity index is 1.35. The zero-order valence-electron chi connectivity index (χ0n) is 29.8. The molecule has 8 heteroatoms. The van der Waals surface area contributed by atoms with E-state index in [-0.39, 0.29) is 22.5 Å². The van der Waals surface area contributed by atoms with Gasteiger partial charge in [0.15, 0.2) is 17.5 Å². The Hall–Kier alpha value is -7.06. The van der Waals surface area contributed by atoms with Crippen molar-refractivity contribution in [3.63, 3.8) is 0 Å². The number of halogens is 6. The van der Waals surface area contributed by atoms with Crippen LogP contribution in [0.3, 0.4) is 0 Å². The van der Waals surface area contributed by atoms with Crippen LogP contribution in [0.5, 0.6) is 0 Å². The minimum atomic E-state index is -4.94. The number of aromatic nitrogens is 2. The summed E-state index contributed by atoms with van der Waals surface area (Å²) in [5.74, 6) is -4.58. The normalized spacial score (nSPS) is 12.0. The first kappa shape index (κ1) is 34.4. The molecule has 0 atom stereocenters. The van der Waals surface area contributed by atoms with Crippen LogP contribution in [0.1, 0.15) is 5.56 Å². The predicted octanol–water partition coefficient (Wildman–Crippen LogP) is 14.3. The lowest BCUT2D eigenvalue weighted by molar-refractivity contribution is -0.137. The molecule has 276 valence electrons. The van der Waals surface area contributed by atoms with Crippen LogP contribution in [0.15, 0.2) is 170 Å². The quantitative estimate of drug-likeness (QED) is 0.122. The van der Waals surface area contributed by atoms with E-state index in [9.17, 15) is 13.2 Å². The fraction of sp³-hybridized carbons (Fsp3) is 0.0204. The highest BCUT2D eigenvalue weighted by Crippen LogP contribution is 2.47. The zero-order valence-corrected chi connectivity index (χ0v) is 29.8. The topological polar surface area (TPSA) is 9.86 Å². The average Bonchev–Trinajstić information content (AvgIpc) is 3.74. The Morgan fingerprint density at radius 3 is 1.16 bits per heavy atom. The molecule has 0 N–H and O–H groups in total. The van der Waals surface area contributed by atoms with Crippen molar-refractivity contribution in [2.45, 2.75) is 6.18 Å². The molecule has 2 nitrogen and oxygen atoms in total. The highest BCUT2D eigenvalue weighted by molar-refractivity contribution is 6.12. The Labute approximate surface area is 322 Å². The molecular formula is C49H28F6N2. The van der Waals surface area contributed by atoms with E-state index in [0.717, 1.165) is 55.9 Å². The molecule has 2 aromatic heterocycles. The number of hydrogen-bond donors (Lipinski definition) is 0. The van der Waals surface area contributed by atoms with Crippen LogP contribution in [0.2, 0.25) is 0 Å². The lowest BCUT2D eigenvalue weighted by Crippen LogP contribution is -2.16. The van der Waals surface area contributed by atoms with Gasteiger partial charge >= 0.3 is 6.18 Å². The van der Waals surface area contributed by atoms with Gasteiger partial charge in [-0.05, 0) is 94.0 Å². The third-order valence-corrected chi connectivity index (χ3v) is 10.7. The highest BCUT2D eigenvalue weighted by atomic mass is 19.4. The van der Waals surface area contributed by atoms with Crippen LogP contribution in [0.25, 0.3) is 88.4 Å². The number of nitrogens with zero attached hydrogens (tertiary/aromatic N) is 2. The Kier molecular flexibility index (Phi) is 7.87. The summed E-state index contributed by atoms with van der Waals surface area (Å²) in [6.07, 6.45) is -4.94. The molecule has 0 aliphatic carbocycles. The van der Waals surface area contributed by atoms with Crippen molar-refractivity contribution in [3.8, 4) is 44.8 Å².